The fraction of sp³-hybridized carbons (Fsp3) is 0.167. The fourth-order valence-electron chi connectivity index (χ4n) is 1.59. The number of nitro benzene ring substituents is 1. The van der Waals surface area contributed by atoms with E-state index in [1.54, 1.807) is 0 Å². The summed E-state index contributed by atoms with van der Waals surface area (Å²) >= 11 is 1.50. The fourth-order valence-corrected chi connectivity index (χ4v) is 3.56. The third kappa shape index (κ3) is 3.41. The third-order valence-electron chi connectivity index (χ3n) is 2.57. The number of hydrogen-bond donors (Lipinski definition) is 1. The maximum Gasteiger partial charge on any atom is 0.270 e. The highest BCUT2D eigenvalue weighted by Crippen LogP contribution is 2.19. The zero-order chi connectivity index (χ0) is 14.8. The van der Waals surface area contributed by atoms with Crippen LogP contribution in [-0.4, -0.2) is 13.3 Å². The van der Waals surface area contributed by atoms with Crippen molar-refractivity contribution in [3.8, 4) is 0 Å². The predicted molar refractivity (Wildman–Crippen MR) is 76.2 cm³/mol. The molecule has 6 nitrogen and oxygen atoms in total. The molecule has 0 aliphatic carbocycles. The van der Waals surface area contributed by atoms with Crippen LogP contribution >= 0.6 is 11.3 Å². The van der Waals surface area contributed by atoms with Crippen molar-refractivity contribution in [1.29, 1.82) is 0 Å². The highest BCUT2D eigenvalue weighted by molar-refractivity contribution is 7.89. The second-order valence-corrected chi connectivity index (χ2v) is 7.23. The molecule has 0 radical (unpaired) electrons. The molecule has 1 N–H and O–H groups in total. The van der Waals surface area contributed by atoms with Crippen LogP contribution in [0.4, 0.5) is 5.69 Å². The van der Waals surface area contributed by atoms with E-state index in [-0.39, 0.29) is 17.1 Å². The van der Waals surface area contributed by atoms with E-state index < -0.39 is 14.9 Å². The summed E-state index contributed by atoms with van der Waals surface area (Å²) in [5, 5.41) is 10.7. The maximum atomic E-state index is 12.1. The van der Waals surface area contributed by atoms with Crippen molar-refractivity contribution >= 4 is 27.0 Å². The molecule has 8 heteroatoms. The molecule has 1 heterocycles. The van der Waals surface area contributed by atoms with Crippen LogP contribution in [0.1, 0.15) is 9.75 Å². The monoisotopic (exact) mass is 312 g/mol. The lowest BCUT2D eigenvalue weighted by molar-refractivity contribution is -0.385. The van der Waals surface area contributed by atoms with Gasteiger partial charge >= 0.3 is 0 Å². The topological polar surface area (TPSA) is 89.3 Å². The molecule has 1 aromatic heterocycles. The molecule has 20 heavy (non-hydrogen) atoms. The van der Waals surface area contributed by atoms with Crippen LogP contribution < -0.4 is 4.72 Å². The number of sulfonamides is 1. The molecule has 106 valence electrons. The van der Waals surface area contributed by atoms with Gasteiger partial charge in [0.05, 0.1) is 9.82 Å². The van der Waals surface area contributed by atoms with Crippen molar-refractivity contribution in [3.63, 3.8) is 0 Å². The quantitative estimate of drug-likeness (QED) is 0.678. The predicted octanol–water partition coefficient (Wildman–Crippen LogP) is 2.44. The van der Waals surface area contributed by atoms with Gasteiger partial charge in [0.15, 0.2) is 0 Å². The number of thiophene rings is 1. The minimum absolute atomic E-state index is 0.111. The van der Waals surface area contributed by atoms with Crippen LogP contribution in [-0.2, 0) is 16.6 Å². The molecule has 0 bridgehead atoms. The van der Waals surface area contributed by atoms with Crippen LogP contribution in [0.15, 0.2) is 41.3 Å². The number of non-ortho nitro benzene ring substituents is 1. The van der Waals surface area contributed by atoms with Gasteiger partial charge in [0.1, 0.15) is 0 Å². The first kappa shape index (κ1) is 14.6. The molecule has 0 saturated carbocycles. The molecule has 2 aromatic rings. The van der Waals surface area contributed by atoms with E-state index in [1.807, 2.05) is 19.1 Å². The van der Waals surface area contributed by atoms with Gasteiger partial charge in [-0.15, -0.1) is 11.3 Å². The van der Waals surface area contributed by atoms with E-state index in [0.717, 1.165) is 15.8 Å². The normalized spacial score (nSPS) is 11.4. The lowest BCUT2D eigenvalue weighted by Gasteiger charge is -2.05. The van der Waals surface area contributed by atoms with Crippen LogP contribution in [0.3, 0.4) is 0 Å². The number of aryl methyl sites for hydroxylation is 1. The SMILES string of the molecule is Cc1ccc(CNS(=O)(=O)c2cccc([N+](=O)[O-])c2)s1. The van der Waals surface area contributed by atoms with E-state index in [4.69, 9.17) is 0 Å². The molecular weight excluding hydrogens is 300 g/mol. The second-order valence-electron chi connectivity index (χ2n) is 4.09. The van der Waals surface area contributed by atoms with Gasteiger partial charge in [-0.05, 0) is 25.1 Å². The minimum atomic E-state index is -3.75. The molecule has 0 atom stereocenters. The van der Waals surface area contributed by atoms with Crippen LogP contribution in [0.5, 0.6) is 0 Å². The number of nitro groups is 1. The number of benzene rings is 1. The Kier molecular flexibility index (Phi) is 4.17. The van der Waals surface area contributed by atoms with Gasteiger partial charge in [-0.2, -0.15) is 0 Å². The lowest BCUT2D eigenvalue weighted by atomic mass is 10.3. The summed E-state index contributed by atoms with van der Waals surface area (Å²) in [6, 6.07) is 8.72. The Bertz CT molecular complexity index is 737. The Morgan fingerprint density at radius 1 is 1.30 bits per heavy atom. The Balaban J connectivity index is 2.17. The maximum absolute atomic E-state index is 12.1. The van der Waals surface area contributed by atoms with Crippen molar-refractivity contribution in [2.24, 2.45) is 0 Å². The first-order valence-electron chi connectivity index (χ1n) is 5.68. The largest absolute Gasteiger partial charge is 0.270 e. The van der Waals surface area contributed by atoms with Crippen molar-refractivity contribution in [2.75, 3.05) is 0 Å². The molecular formula is C12H12N2O4S2. The molecule has 0 amide bonds. The summed E-state index contributed by atoms with van der Waals surface area (Å²) in [4.78, 5) is 11.9. The second kappa shape index (κ2) is 5.70. The molecule has 0 aliphatic rings. The molecule has 0 saturated heterocycles. The molecule has 2 rings (SSSR count). The van der Waals surface area contributed by atoms with Crippen molar-refractivity contribution in [2.45, 2.75) is 18.4 Å². The zero-order valence-electron chi connectivity index (χ0n) is 10.6. The highest BCUT2D eigenvalue weighted by Gasteiger charge is 2.17. The summed E-state index contributed by atoms with van der Waals surface area (Å²) in [7, 11) is -3.75. The Hall–Kier alpha value is -1.77. The van der Waals surface area contributed by atoms with Crippen molar-refractivity contribution in [1.82, 2.24) is 4.72 Å². The number of nitrogens with zero attached hydrogens (tertiary/aromatic N) is 1. The summed E-state index contributed by atoms with van der Waals surface area (Å²) in [6.45, 7) is 2.10. The zero-order valence-corrected chi connectivity index (χ0v) is 12.2. The molecule has 0 aliphatic heterocycles. The smallest absolute Gasteiger partial charge is 0.258 e. The van der Waals surface area contributed by atoms with Gasteiger partial charge in [0, 0.05) is 28.4 Å². The lowest BCUT2D eigenvalue weighted by Crippen LogP contribution is -2.22. The van der Waals surface area contributed by atoms with Crippen LogP contribution in [0.2, 0.25) is 0 Å². The third-order valence-corrected chi connectivity index (χ3v) is 4.97. The Morgan fingerprint density at radius 3 is 2.65 bits per heavy atom. The van der Waals surface area contributed by atoms with Crippen LogP contribution in [0.25, 0.3) is 0 Å². The molecule has 0 spiro atoms. The summed E-state index contributed by atoms with van der Waals surface area (Å²) < 4.78 is 26.5. The van der Waals surface area contributed by atoms with E-state index in [0.29, 0.717) is 0 Å². The van der Waals surface area contributed by atoms with Gasteiger partial charge in [-0.25, -0.2) is 13.1 Å². The van der Waals surface area contributed by atoms with E-state index in [9.17, 15) is 18.5 Å². The summed E-state index contributed by atoms with van der Waals surface area (Å²) in [5.41, 5.74) is -0.250. The summed E-state index contributed by atoms with van der Waals surface area (Å²) in [5.74, 6) is 0. The average Bonchev–Trinajstić information content (AvgIpc) is 2.82. The van der Waals surface area contributed by atoms with Gasteiger partial charge in [0.2, 0.25) is 10.0 Å². The first-order valence-corrected chi connectivity index (χ1v) is 7.98. The molecule has 0 unspecified atom stereocenters. The highest BCUT2D eigenvalue weighted by atomic mass is 32.2. The molecule has 0 fully saturated rings. The number of nitrogens with one attached hydrogen (secondary N) is 1. The Labute approximate surface area is 120 Å². The van der Waals surface area contributed by atoms with Crippen LogP contribution in [0, 0.1) is 17.0 Å². The van der Waals surface area contributed by atoms with Gasteiger partial charge < -0.3 is 0 Å². The summed E-state index contributed by atoms with van der Waals surface area (Å²) in [6.07, 6.45) is 0. The van der Waals surface area contributed by atoms with E-state index in [1.165, 1.54) is 29.5 Å². The number of rotatable bonds is 5. The van der Waals surface area contributed by atoms with Gasteiger partial charge in [0.25, 0.3) is 5.69 Å². The average molecular weight is 312 g/mol. The van der Waals surface area contributed by atoms with Gasteiger partial charge in [-0.1, -0.05) is 6.07 Å². The Morgan fingerprint density at radius 2 is 2.05 bits per heavy atom. The standard InChI is InChI=1S/C12H12N2O4S2/c1-9-5-6-11(19-9)8-13-20(17,18)12-4-2-3-10(7-12)14(15)16/h2-7,13H,8H2,1H3. The first-order chi connectivity index (χ1) is 9.38. The van der Waals surface area contributed by atoms with Gasteiger partial charge in [-0.3, -0.25) is 10.1 Å². The number of hydrogen-bond acceptors (Lipinski definition) is 5. The van der Waals surface area contributed by atoms with Crippen molar-refractivity contribution < 1.29 is 13.3 Å². The van der Waals surface area contributed by atoms with Crippen molar-refractivity contribution in [3.05, 3.63) is 56.3 Å². The minimum Gasteiger partial charge on any atom is -0.258 e. The molecule has 1 aromatic carbocycles. The van der Waals surface area contributed by atoms with E-state index in [2.05, 4.69) is 4.72 Å². The van der Waals surface area contributed by atoms with E-state index >= 15 is 0 Å².